The summed E-state index contributed by atoms with van der Waals surface area (Å²) in [5.41, 5.74) is 4.61. The molecule has 0 spiro atoms. The molecule has 2 aromatic rings. The maximum absolute atomic E-state index is 13.0. The maximum Gasteiger partial charge on any atom is 0.418 e. The first-order chi connectivity index (χ1) is 12.2. The van der Waals surface area contributed by atoms with Gasteiger partial charge in [-0.05, 0) is 63.6 Å². The van der Waals surface area contributed by atoms with Crippen molar-refractivity contribution in [1.29, 1.82) is 0 Å². The SMILES string of the molecule is Cc1ccccc1-c1cc(C(C)C)n(C(=O)OC(C)(C)C)c1CCCO. The Hall–Kier alpha value is -2.07. The summed E-state index contributed by atoms with van der Waals surface area (Å²) in [6.07, 6.45) is 0.865. The third-order valence-electron chi connectivity index (χ3n) is 4.31. The van der Waals surface area contributed by atoms with Gasteiger partial charge in [-0.3, -0.25) is 4.57 Å². The Morgan fingerprint density at radius 3 is 2.38 bits per heavy atom. The molecule has 0 aliphatic rings. The predicted molar refractivity (Wildman–Crippen MR) is 106 cm³/mol. The lowest BCUT2D eigenvalue weighted by molar-refractivity contribution is 0.0526. The van der Waals surface area contributed by atoms with Gasteiger partial charge < -0.3 is 9.84 Å². The molecule has 142 valence electrons. The molecule has 0 fully saturated rings. The summed E-state index contributed by atoms with van der Waals surface area (Å²) < 4.78 is 7.39. The Kier molecular flexibility index (Phi) is 6.30. The van der Waals surface area contributed by atoms with Crippen LogP contribution >= 0.6 is 0 Å². The van der Waals surface area contributed by atoms with Crippen molar-refractivity contribution in [3.8, 4) is 11.1 Å². The summed E-state index contributed by atoms with van der Waals surface area (Å²) in [4.78, 5) is 13.0. The first-order valence-corrected chi connectivity index (χ1v) is 9.30. The number of nitrogens with zero attached hydrogens (tertiary/aromatic N) is 1. The molecule has 4 heteroatoms. The molecular formula is C22H31NO3. The van der Waals surface area contributed by atoms with Crippen LogP contribution in [0.5, 0.6) is 0 Å². The third-order valence-corrected chi connectivity index (χ3v) is 4.31. The van der Waals surface area contributed by atoms with Gasteiger partial charge in [0.2, 0.25) is 0 Å². The average Bonchev–Trinajstić information content (AvgIpc) is 2.91. The van der Waals surface area contributed by atoms with Crippen molar-refractivity contribution in [3.63, 3.8) is 0 Å². The number of carbonyl (C=O) groups is 1. The Labute approximate surface area is 156 Å². The minimum atomic E-state index is -0.563. The monoisotopic (exact) mass is 357 g/mol. The van der Waals surface area contributed by atoms with Crippen LogP contribution in [0.1, 0.15) is 63.9 Å². The second-order valence-electron chi connectivity index (χ2n) is 8.04. The van der Waals surface area contributed by atoms with Gasteiger partial charge in [-0.1, -0.05) is 38.1 Å². The topological polar surface area (TPSA) is 51.5 Å². The molecule has 0 saturated heterocycles. The van der Waals surface area contributed by atoms with Crippen molar-refractivity contribution in [2.24, 2.45) is 0 Å². The van der Waals surface area contributed by atoms with E-state index in [9.17, 15) is 9.90 Å². The first kappa shape index (κ1) is 20.2. The molecule has 0 saturated carbocycles. The van der Waals surface area contributed by atoms with E-state index in [2.05, 4.69) is 39.0 Å². The lowest BCUT2D eigenvalue weighted by Gasteiger charge is -2.22. The summed E-state index contributed by atoms with van der Waals surface area (Å²) in [5, 5.41) is 9.35. The van der Waals surface area contributed by atoms with Crippen molar-refractivity contribution in [1.82, 2.24) is 4.57 Å². The minimum Gasteiger partial charge on any atom is -0.443 e. The van der Waals surface area contributed by atoms with Gasteiger partial charge in [0.05, 0.1) is 0 Å². The molecule has 1 heterocycles. The van der Waals surface area contributed by atoms with Crippen LogP contribution in [0.2, 0.25) is 0 Å². The van der Waals surface area contributed by atoms with Crippen molar-refractivity contribution < 1.29 is 14.6 Å². The smallest absolute Gasteiger partial charge is 0.418 e. The number of carbonyl (C=O) groups excluding carboxylic acids is 1. The van der Waals surface area contributed by atoms with Gasteiger partial charge in [0.15, 0.2) is 0 Å². The first-order valence-electron chi connectivity index (χ1n) is 9.30. The second-order valence-corrected chi connectivity index (χ2v) is 8.04. The fourth-order valence-corrected chi connectivity index (χ4v) is 3.12. The largest absolute Gasteiger partial charge is 0.443 e. The van der Waals surface area contributed by atoms with E-state index in [0.717, 1.165) is 28.1 Å². The minimum absolute atomic E-state index is 0.0870. The fraction of sp³-hybridized carbons (Fsp3) is 0.500. The molecular weight excluding hydrogens is 326 g/mol. The van der Waals surface area contributed by atoms with Crippen LogP contribution in [0, 0.1) is 6.92 Å². The number of hydrogen-bond donors (Lipinski definition) is 1. The Morgan fingerprint density at radius 2 is 1.85 bits per heavy atom. The molecule has 1 N–H and O–H groups in total. The van der Waals surface area contributed by atoms with Crippen LogP contribution in [0.3, 0.4) is 0 Å². The van der Waals surface area contributed by atoms with E-state index in [1.807, 2.05) is 32.9 Å². The quantitative estimate of drug-likeness (QED) is 0.790. The van der Waals surface area contributed by atoms with Crippen LogP contribution in [0.4, 0.5) is 4.79 Å². The highest BCUT2D eigenvalue weighted by Crippen LogP contribution is 2.34. The standard InChI is InChI=1S/C22H31NO3/c1-15(2)20-14-18(17-11-8-7-10-16(17)3)19(12-9-13-24)23(20)21(25)26-22(4,5)6/h7-8,10-11,14-15,24H,9,12-13H2,1-6H3. The number of aliphatic hydroxyl groups excluding tert-OH is 1. The van der Waals surface area contributed by atoms with Gasteiger partial charge in [-0.2, -0.15) is 0 Å². The predicted octanol–water partition coefficient (Wildman–Crippen LogP) is 5.30. The molecule has 1 aromatic carbocycles. The zero-order chi connectivity index (χ0) is 19.5. The Balaban J connectivity index is 2.67. The highest BCUT2D eigenvalue weighted by Gasteiger charge is 2.26. The molecule has 0 unspecified atom stereocenters. The number of aryl methyl sites for hydroxylation is 1. The molecule has 4 nitrogen and oxygen atoms in total. The summed E-state index contributed by atoms with van der Waals surface area (Å²) in [6.45, 7) is 11.9. The van der Waals surface area contributed by atoms with Crippen molar-refractivity contribution >= 4 is 6.09 Å². The van der Waals surface area contributed by atoms with Crippen LogP contribution in [0.25, 0.3) is 11.1 Å². The molecule has 0 atom stereocenters. The summed E-state index contributed by atoms with van der Waals surface area (Å²) in [6, 6.07) is 10.3. The zero-order valence-corrected chi connectivity index (χ0v) is 16.8. The Morgan fingerprint density at radius 1 is 1.19 bits per heavy atom. The molecule has 1 aromatic heterocycles. The molecule has 0 amide bonds. The summed E-state index contributed by atoms with van der Waals surface area (Å²) >= 11 is 0. The van der Waals surface area contributed by atoms with E-state index < -0.39 is 5.60 Å². The average molecular weight is 357 g/mol. The lowest BCUT2D eigenvalue weighted by Crippen LogP contribution is -2.29. The summed E-state index contributed by atoms with van der Waals surface area (Å²) in [7, 11) is 0. The number of hydrogen-bond acceptors (Lipinski definition) is 3. The molecule has 2 rings (SSSR count). The van der Waals surface area contributed by atoms with E-state index >= 15 is 0 Å². The Bertz CT molecular complexity index is 766. The zero-order valence-electron chi connectivity index (χ0n) is 16.8. The van der Waals surface area contributed by atoms with Gasteiger partial charge >= 0.3 is 6.09 Å². The lowest BCUT2D eigenvalue weighted by atomic mass is 9.98. The molecule has 0 radical (unpaired) electrons. The highest BCUT2D eigenvalue weighted by atomic mass is 16.6. The molecule has 0 aliphatic heterocycles. The highest BCUT2D eigenvalue weighted by molar-refractivity contribution is 5.80. The van der Waals surface area contributed by atoms with E-state index in [-0.39, 0.29) is 18.6 Å². The van der Waals surface area contributed by atoms with Crippen molar-refractivity contribution in [3.05, 3.63) is 47.3 Å². The van der Waals surface area contributed by atoms with Crippen LogP contribution in [-0.4, -0.2) is 28.0 Å². The fourth-order valence-electron chi connectivity index (χ4n) is 3.12. The normalized spacial score (nSPS) is 11.8. The number of ether oxygens (including phenoxy) is 1. The number of aliphatic hydroxyl groups is 1. The second kappa shape index (κ2) is 8.09. The van der Waals surface area contributed by atoms with Crippen molar-refractivity contribution in [2.45, 2.75) is 65.9 Å². The van der Waals surface area contributed by atoms with E-state index in [1.54, 1.807) is 4.57 Å². The van der Waals surface area contributed by atoms with Crippen LogP contribution < -0.4 is 0 Å². The van der Waals surface area contributed by atoms with E-state index in [4.69, 9.17) is 4.74 Å². The van der Waals surface area contributed by atoms with Gasteiger partial charge in [-0.25, -0.2) is 4.79 Å². The summed E-state index contributed by atoms with van der Waals surface area (Å²) in [5.74, 6) is 0.174. The maximum atomic E-state index is 13.0. The van der Waals surface area contributed by atoms with Gasteiger partial charge in [0.25, 0.3) is 0 Å². The van der Waals surface area contributed by atoms with E-state index in [1.165, 1.54) is 0 Å². The molecule has 0 aliphatic carbocycles. The van der Waals surface area contributed by atoms with Gasteiger partial charge in [0.1, 0.15) is 5.60 Å². The van der Waals surface area contributed by atoms with Gasteiger partial charge in [-0.15, -0.1) is 0 Å². The van der Waals surface area contributed by atoms with Crippen molar-refractivity contribution in [2.75, 3.05) is 6.61 Å². The number of rotatable bonds is 5. The number of aromatic nitrogens is 1. The van der Waals surface area contributed by atoms with Crippen LogP contribution in [-0.2, 0) is 11.2 Å². The van der Waals surface area contributed by atoms with Crippen LogP contribution in [0.15, 0.2) is 30.3 Å². The number of benzene rings is 1. The van der Waals surface area contributed by atoms with Gasteiger partial charge in [0, 0.05) is 23.6 Å². The van der Waals surface area contributed by atoms with E-state index in [0.29, 0.717) is 12.8 Å². The molecule has 26 heavy (non-hydrogen) atoms. The third kappa shape index (κ3) is 4.55. The molecule has 0 bridgehead atoms.